The van der Waals surface area contributed by atoms with E-state index in [2.05, 4.69) is 19.1 Å². The molecule has 0 saturated carbocycles. The Morgan fingerprint density at radius 2 is 2.00 bits per heavy atom. The summed E-state index contributed by atoms with van der Waals surface area (Å²) in [7, 11) is 0. The van der Waals surface area contributed by atoms with Gasteiger partial charge in [-0.25, -0.2) is 0 Å². The summed E-state index contributed by atoms with van der Waals surface area (Å²) in [5, 5.41) is 8.61. The summed E-state index contributed by atoms with van der Waals surface area (Å²) in [6.45, 7) is 3.88. The predicted molar refractivity (Wildman–Crippen MR) is 63.8 cm³/mol. The normalized spacial score (nSPS) is 13.7. The number of carboxylic acids is 1. The van der Waals surface area contributed by atoms with Crippen molar-refractivity contribution in [3.63, 3.8) is 0 Å². The molecule has 0 saturated heterocycles. The molecule has 0 amide bonds. The molecule has 2 heteroatoms. The Morgan fingerprint density at radius 3 is 2.60 bits per heavy atom. The lowest BCUT2D eigenvalue weighted by molar-refractivity contribution is -0.139. The zero-order valence-corrected chi connectivity index (χ0v) is 9.78. The second kappa shape index (κ2) is 9.50. The number of allylic oxidation sites excluding steroid dienone is 3. The van der Waals surface area contributed by atoms with Crippen LogP contribution in [0.25, 0.3) is 0 Å². The predicted octanol–water partition coefficient (Wildman–Crippen LogP) is 3.79. The van der Waals surface area contributed by atoms with Gasteiger partial charge in [-0.2, -0.15) is 0 Å². The lowest BCUT2D eigenvalue weighted by atomic mass is 10.1. The van der Waals surface area contributed by atoms with Crippen molar-refractivity contribution >= 4 is 5.97 Å². The van der Waals surface area contributed by atoms with Crippen LogP contribution in [0.1, 0.15) is 46.0 Å². The van der Waals surface area contributed by atoms with Crippen LogP contribution in [0.3, 0.4) is 0 Å². The summed E-state index contributed by atoms with van der Waals surface area (Å²) in [4.78, 5) is 10.5. The smallest absolute Gasteiger partial charge is 0.310 e. The monoisotopic (exact) mass is 210 g/mol. The van der Waals surface area contributed by atoms with Gasteiger partial charge in [0, 0.05) is 0 Å². The number of aliphatic carboxylic acids is 1. The van der Waals surface area contributed by atoms with Crippen LogP contribution in [0.4, 0.5) is 0 Å². The standard InChI is InChI=1S/C13H22O2/c1-3-4-5-6-7-8-9-10-11-12(2)13(14)15/h7-8,10-12H,3-6,9H2,1-2H3,(H,14,15)/b8-7+,11-10+. The summed E-state index contributed by atoms with van der Waals surface area (Å²) in [5.41, 5.74) is 0. The first-order chi connectivity index (χ1) is 7.18. The molecular weight excluding hydrogens is 188 g/mol. The van der Waals surface area contributed by atoms with Crippen molar-refractivity contribution in [3.8, 4) is 0 Å². The quantitative estimate of drug-likeness (QED) is 0.489. The van der Waals surface area contributed by atoms with E-state index in [-0.39, 0.29) is 5.92 Å². The number of carbonyl (C=O) groups is 1. The van der Waals surface area contributed by atoms with Gasteiger partial charge in [-0.1, -0.05) is 44.1 Å². The molecule has 15 heavy (non-hydrogen) atoms. The third-order valence-electron chi connectivity index (χ3n) is 2.23. The Kier molecular flexibility index (Phi) is 8.84. The van der Waals surface area contributed by atoms with Crippen LogP contribution < -0.4 is 0 Å². The third-order valence-corrected chi connectivity index (χ3v) is 2.23. The maximum atomic E-state index is 10.5. The van der Waals surface area contributed by atoms with Crippen LogP contribution in [0.5, 0.6) is 0 Å². The molecule has 0 radical (unpaired) electrons. The van der Waals surface area contributed by atoms with Crippen LogP contribution in [-0.2, 0) is 4.79 Å². The van der Waals surface area contributed by atoms with E-state index in [0.717, 1.165) is 12.8 Å². The first-order valence-electron chi connectivity index (χ1n) is 5.73. The van der Waals surface area contributed by atoms with Gasteiger partial charge in [0.1, 0.15) is 0 Å². The molecule has 0 aliphatic heterocycles. The molecular formula is C13H22O2. The van der Waals surface area contributed by atoms with Crippen molar-refractivity contribution in [1.82, 2.24) is 0 Å². The van der Waals surface area contributed by atoms with Gasteiger partial charge in [-0.3, -0.25) is 4.79 Å². The summed E-state index contributed by atoms with van der Waals surface area (Å²) in [6, 6.07) is 0. The molecule has 0 heterocycles. The number of hydrogen-bond acceptors (Lipinski definition) is 1. The van der Waals surface area contributed by atoms with E-state index in [9.17, 15) is 4.79 Å². The molecule has 0 aromatic rings. The maximum Gasteiger partial charge on any atom is 0.310 e. The van der Waals surface area contributed by atoms with Crippen LogP contribution in [0, 0.1) is 5.92 Å². The number of unbranched alkanes of at least 4 members (excludes halogenated alkanes) is 3. The first-order valence-corrected chi connectivity index (χ1v) is 5.73. The SMILES string of the molecule is CCCCC/C=C/C/C=C/C(C)C(=O)O. The first kappa shape index (κ1) is 13.9. The number of carboxylic acid groups (broad SMARTS) is 1. The minimum Gasteiger partial charge on any atom is -0.481 e. The average Bonchev–Trinajstić information content (AvgIpc) is 2.21. The molecule has 0 bridgehead atoms. The highest BCUT2D eigenvalue weighted by Crippen LogP contribution is 2.02. The fourth-order valence-electron chi connectivity index (χ4n) is 1.17. The second-order valence-electron chi connectivity index (χ2n) is 3.76. The highest BCUT2D eigenvalue weighted by atomic mass is 16.4. The van der Waals surface area contributed by atoms with Crippen LogP contribution in [0.2, 0.25) is 0 Å². The van der Waals surface area contributed by atoms with E-state index >= 15 is 0 Å². The molecule has 2 nitrogen and oxygen atoms in total. The van der Waals surface area contributed by atoms with E-state index < -0.39 is 5.97 Å². The minimum atomic E-state index is -0.766. The van der Waals surface area contributed by atoms with Crippen LogP contribution in [-0.4, -0.2) is 11.1 Å². The summed E-state index contributed by atoms with van der Waals surface area (Å²) in [6.07, 6.45) is 13.7. The average molecular weight is 210 g/mol. The minimum absolute atomic E-state index is 0.376. The molecule has 0 aromatic heterocycles. The zero-order valence-electron chi connectivity index (χ0n) is 9.78. The molecule has 0 aliphatic rings. The van der Waals surface area contributed by atoms with Crippen molar-refractivity contribution in [1.29, 1.82) is 0 Å². The number of rotatable bonds is 8. The van der Waals surface area contributed by atoms with Gasteiger partial charge in [0.15, 0.2) is 0 Å². The lowest BCUT2D eigenvalue weighted by Crippen LogP contribution is -2.05. The molecule has 1 atom stereocenters. The Balaban J connectivity index is 3.47. The van der Waals surface area contributed by atoms with Gasteiger partial charge in [-0.15, -0.1) is 0 Å². The fraction of sp³-hybridized carbons (Fsp3) is 0.615. The Labute approximate surface area is 92.7 Å². The summed E-state index contributed by atoms with van der Waals surface area (Å²) >= 11 is 0. The lowest BCUT2D eigenvalue weighted by Gasteiger charge is -1.95. The molecule has 0 aromatic carbocycles. The van der Waals surface area contributed by atoms with Crippen molar-refractivity contribution in [2.75, 3.05) is 0 Å². The van der Waals surface area contributed by atoms with Gasteiger partial charge in [-0.05, 0) is 26.2 Å². The summed E-state index contributed by atoms with van der Waals surface area (Å²) < 4.78 is 0. The van der Waals surface area contributed by atoms with Gasteiger partial charge in [0.25, 0.3) is 0 Å². The molecule has 1 N–H and O–H groups in total. The second-order valence-corrected chi connectivity index (χ2v) is 3.76. The van der Waals surface area contributed by atoms with Crippen LogP contribution >= 0.6 is 0 Å². The Hall–Kier alpha value is -1.05. The van der Waals surface area contributed by atoms with E-state index in [4.69, 9.17) is 5.11 Å². The molecule has 0 aliphatic carbocycles. The largest absolute Gasteiger partial charge is 0.481 e. The van der Waals surface area contributed by atoms with Gasteiger partial charge >= 0.3 is 5.97 Å². The summed E-state index contributed by atoms with van der Waals surface area (Å²) in [5.74, 6) is -1.14. The van der Waals surface area contributed by atoms with E-state index in [1.165, 1.54) is 19.3 Å². The van der Waals surface area contributed by atoms with Crippen molar-refractivity contribution < 1.29 is 9.90 Å². The van der Waals surface area contributed by atoms with Crippen molar-refractivity contribution in [3.05, 3.63) is 24.3 Å². The van der Waals surface area contributed by atoms with Gasteiger partial charge in [0.05, 0.1) is 5.92 Å². The maximum absolute atomic E-state index is 10.5. The topological polar surface area (TPSA) is 37.3 Å². The van der Waals surface area contributed by atoms with E-state index in [1.807, 2.05) is 6.08 Å². The molecule has 0 fully saturated rings. The highest BCUT2D eigenvalue weighted by Gasteiger charge is 2.03. The third kappa shape index (κ3) is 9.26. The van der Waals surface area contributed by atoms with Gasteiger partial charge in [0.2, 0.25) is 0 Å². The number of hydrogen-bond donors (Lipinski definition) is 1. The fourth-order valence-corrected chi connectivity index (χ4v) is 1.17. The molecule has 86 valence electrons. The Bertz CT molecular complexity index is 217. The van der Waals surface area contributed by atoms with E-state index in [0.29, 0.717) is 0 Å². The highest BCUT2D eigenvalue weighted by molar-refractivity contribution is 5.71. The van der Waals surface area contributed by atoms with Gasteiger partial charge < -0.3 is 5.11 Å². The Morgan fingerprint density at radius 1 is 1.27 bits per heavy atom. The van der Waals surface area contributed by atoms with Crippen molar-refractivity contribution in [2.24, 2.45) is 5.92 Å². The molecule has 0 spiro atoms. The zero-order chi connectivity index (χ0) is 11.5. The molecule has 1 unspecified atom stereocenters. The molecule has 0 rings (SSSR count). The van der Waals surface area contributed by atoms with Crippen molar-refractivity contribution in [2.45, 2.75) is 46.0 Å². The van der Waals surface area contributed by atoms with Crippen LogP contribution in [0.15, 0.2) is 24.3 Å². The van der Waals surface area contributed by atoms with E-state index in [1.54, 1.807) is 13.0 Å².